The molecule has 0 amide bonds. The number of aliphatic hydroxyl groups is 1. The molecule has 27 heavy (non-hydrogen) atoms. The van der Waals surface area contributed by atoms with Crippen molar-refractivity contribution in [3.05, 3.63) is 0 Å². The molecule has 0 aromatic carbocycles. The van der Waals surface area contributed by atoms with Crippen molar-refractivity contribution in [3.8, 4) is 0 Å². The van der Waals surface area contributed by atoms with Gasteiger partial charge in [0.2, 0.25) is 0 Å². The van der Waals surface area contributed by atoms with E-state index in [4.69, 9.17) is 14.2 Å². The van der Waals surface area contributed by atoms with Gasteiger partial charge in [0.1, 0.15) is 0 Å². The van der Waals surface area contributed by atoms with Gasteiger partial charge >= 0.3 is 0 Å². The van der Waals surface area contributed by atoms with Gasteiger partial charge in [-0.1, -0.05) is 34.1 Å². The summed E-state index contributed by atoms with van der Waals surface area (Å²) in [7, 11) is 1.76. The van der Waals surface area contributed by atoms with E-state index in [9.17, 15) is 5.11 Å². The second-order valence-electron chi connectivity index (χ2n) is 9.91. The summed E-state index contributed by atoms with van der Waals surface area (Å²) in [4.78, 5) is 0. The average molecular weight is 383 g/mol. The van der Waals surface area contributed by atoms with Crippen molar-refractivity contribution >= 4 is 0 Å². The molecule has 8 atom stereocenters. The minimum absolute atomic E-state index is 0.0282. The molecule has 2 aliphatic carbocycles. The molecule has 4 unspecified atom stereocenters. The Balaban J connectivity index is 1.76. The van der Waals surface area contributed by atoms with Crippen molar-refractivity contribution in [2.75, 3.05) is 26.9 Å². The molecule has 2 saturated carbocycles. The molecule has 0 aromatic heterocycles. The molecule has 0 spiro atoms. The minimum atomic E-state index is -0.210. The quantitative estimate of drug-likeness (QED) is 0.671. The SMILES string of the molecule is CCC1CC[C@@]2(C)C(CC[C@@H]2[C@H](C)C2OCCO2)C1[C@H](O)CC(C)COC. The molecule has 1 heterocycles. The molecule has 3 aliphatic rings. The van der Waals surface area contributed by atoms with E-state index < -0.39 is 0 Å². The third-order valence-electron chi connectivity index (χ3n) is 8.32. The van der Waals surface area contributed by atoms with Crippen LogP contribution in [0.1, 0.15) is 66.2 Å². The Labute approximate surface area is 166 Å². The Morgan fingerprint density at radius 3 is 2.48 bits per heavy atom. The Kier molecular flexibility index (Phi) is 7.27. The van der Waals surface area contributed by atoms with E-state index in [1.54, 1.807) is 7.11 Å². The fourth-order valence-electron chi connectivity index (χ4n) is 7.03. The summed E-state index contributed by atoms with van der Waals surface area (Å²) in [5.41, 5.74) is 0.302. The molecule has 1 saturated heterocycles. The Bertz CT molecular complexity index is 463. The molecule has 1 aliphatic heterocycles. The van der Waals surface area contributed by atoms with Crippen molar-refractivity contribution in [1.29, 1.82) is 0 Å². The van der Waals surface area contributed by atoms with Crippen LogP contribution in [0.25, 0.3) is 0 Å². The van der Waals surface area contributed by atoms with Gasteiger partial charge in [0.15, 0.2) is 6.29 Å². The first-order valence-electron chi connectivity index (χ1n) is 11.3. The van der Waals surface area contributed by atoms with Crippen molar-refractivity contribution < 1.29 is 19.3 Å². The van der Waals surface area contributed by atoms with Crippen LogP contribution < -0.4 is 0 Å². The number of fused-ring (bicyclic) bond motifs is 1. The predicted octanol–water partition coefficient (Wildman–Crippen LogP) is 4.50. The number of ether oxygens (including phenoxy) is 3. The zero-order chi connectivity index (χ0) is 19.6. The minimum Gasteiger partial charge on any atom is -0.393 e. The summed E-state index contributed by atoms with van der Waals surface area (Å²) < 4.78 is 17.0. The lowest BCUT2D eigenvalue weighted by Gasteiger charge is -2.51. The molecule has 3 rings (SSSR count). The van der Waals surface area contributed by atoms with Gasteiger partial charge in [-0.2, -0.15) is 0 Å². The first-order chi connectivity index (χ1) is 12.9. The predicted molar refractivity (Wildman–Crippen MR) is 107 cm³/mol. The second kappa shape index (κ2) is 9.11. The maximum atomic E-state index is 11.3. The lowest BCUT2D eigenvalue weighted by Crippen LogP contribution is -2.48. The Morgan fingerprint density at radius 2 is 1.85 bits per heavy atom. The highest BCUT2D eigenvalue weighted by Gasteiger charge is 2.57. The van der Waals surface area contributed by atoms with Gasteiger partial charge in [-0.15, -0.1) is 0 Å². The van der Waals surface area contributed by atoms with Crippen LogP contribution in [0.2, 0.25) is 0 Å². The van der Waals surface area contributed by atoms with Crippen LogP contribution in [0.5, 0.6) is 0 Å². The fourth-order valence-corrected chi connectivity index (χ4v) is 7.03. The first kappa shape index (κ1) is 21.5. The molecule has 1 N–H and O–H groups in total. The lowest BCUT2D eigenvalue weighted by atomic mass is 9.54. The molecule has 3 fully saturated rings. The van der Waals surface area contributed by atoms with E-state index in [0.29, 0.717) is 40.9 Å². The van der Waals surface area contributed by atoms with Gasteiger partial charge in [0, 0.05) is 19.6 Å². The number of hydrogen-bond donors (Lipinski definition) is 1. The van der Waals surface area contributed by atoms with Gasteiger partial charge in [0.05, 0.1) is 19.3 Å². The van der Waals surface area contributed by atoms with E-state index >= 15 is 0 Å². The largest absolute Gasteiger partial charge is 0.393 e. The smallest absolute Gasteiger partial charge is 0.160 e. The summed E-state index contributed by atoms with van der Waals surface area (Å²) >= 11 is 0. The third-order valence-corrected chi connectivity index (χ3v) is 8.32. The second-order valence-corrected chi connectivity index (χ2v) is 9.91. The van der Waals surface area contributed by atoms with Crippen LogP contribution in [-0.2, 0) is 14.2 Å². The highest BCUT2D eigenvalue weighted by Crippen LogP contribution is 2.62. The van der Waals surface area contributed by atoms with Gasteiger partial charge in [-0.05, 0) is 67.1 Å². The monoisotopic (exact) mass is 382 g/mol. The van der Waals surface area contributed by atoms with Crippen LogP contribution >= 0.6 is 0 Å². The van der Waals surface area contributed by atoms with Crippen molar-refractivity contribution in [2.45, 2.75) is 78.6 Å². The molecular formula is C23H42O4. The Hall–Kier alpha value is -0.160. The molecule has 0 radical (unpaired) electrons. The molecule has 0 bridgehead atoms. The maximum absolute atomic E-state index is 11.3. The topological polar surface area (TPSA) is 47.9 Å². The number of hydrogen-bond acceptors (Lipinski definition) is 4. The van der Waals surface area contributed by atoms with Gasteiger partial charge in [0.25, 0.3) is 0 Å². The van der Waals surface area contributed by atoms with Crippen molar-refractivity contribution in [3.63, 3.8) is 0 Å². The van der Waals surface area contributed by atoms with Crippen LogP contribution in [-0.4, -0.2) is 44.4 Å². The highest BCUT2D eigenvalue weighted by molar-refractivity contribution is 5.05. The number of rotatable bonds is 8. The van der Waals surface area contributed by atoms with E-state index in [2.05, 4.69) is 27.7 Å². The summed E-state index contributed by atoms with van der Waals surface area (Å²) in [6.07, 6.45) is 6.83. The average Bonchev–Trinajstić information content (AvgIpc) is 3.28. The zero-order valence-corrected chi connectivity index (χ0v) is 18.2. The molecule has 0 aromatic rings. The summed E-state index contributed by atoms with van der Waals surface area (Å²) in [6, 6.07) is 0. The van der Waals surface area contributed by atoms with Crippen molar-refractivity contribution in [2.24, 2.45) is 40.9 Å². The van der Waals surface area contributed by atoms with E-state index in [0.717, 1.165) is 26.2 Å². The Morgan fingerprint density at radius 1 is 1.15 bits per heavy atom. The number of aliphatic hydroxyl groups excluding tert-OH is 1. The third kappa shape index (κ3) is 4.24. The first-order valence-corrected chi connectivity index (χ1v) is 11.3. The molecule has 4 nitrogen and oxygen atoms in total. The lowest BCUT2D eigenvalue weighted by molar-refractivity contribution is -0.125. The van der Waals surface area contributed by atoms with E-state index in [1.165, 1.54) is 32.1 Å². The maximum Gasteiger partial charge on any atom is 0.160 e. The normalized spacial score (nSPS) is 40.7. The van der Waals surface area contributed by atoms with Crippen LogP contribution in [0.15, 0.2) is 0 Å². The summed E-state index contributed by atoms with van der Waals surface area (Å²) in [6.45, 7) is 11.5. The van der Waals surface area contributed by atoms with Crippen molar-refractivity contribution in [1.82, 2.24) is 0 Å². The summed E-state index contributed by atoms with van der Waals surface area (Å²) in [5.74, 6) is 3.18. The number of methoxy groups -OCH3 is 1. The van der Waals surface area contributed by atoms with Gasteiger partial charge < -0.3 is 19.3 Å². The van der Waals surface area contributed by atoms with E-state index in [-0.39, 0.29) is 12.4 Å². The van der Waals surface area contributed by atoms with Crippen LogP contribution in [0, 0.1) is 40.9 Å². The van der Waals surface area contributed by atoms with Crippen LogP contribution in [0.4, 0.5) is 0 Å². The van der Waals surface area contributed by atoms with Crippen LogP contribution in [0.3, 0.4) is 0 Å². The van der Waals surface area contributed by atoms with Gasteiger partial charge in [-0.3, -0.25) is 0 Å². The highest BCUT2D eigenvalue weighted by atomic mass is 16.7. The standard InChI is InChI=1S/C23H42O4/c1-6-17-9-10-23(4)18(16(3)22-26-11-12-27-22)7-8-19(23)21(17)20(24)13-15(2)14-25-5/h15-22,24H,6-14H2,1-5H3/t15?,16-,17?,18+,19?,20+,21?,23+/m0/s1. The molecule has 158 valence electrons. The molecular weight excluding hydrogens is 340 g/mol. The molecule has 4 heteroatoms. The summed E-state index contributed by atoms with van der Waals surface area (Å²) in [5, 5.41) is 11.3. The van der Waals surface area contributed by atoms with Gasteiger partial charge in [-0.25, -0.2) is 0 Å². The fraction of sp³-hybridized carbons (Fsp3) is 1.00. The zero-order valence-electron chi connectivity index (χ0n) is 18.2. The van der Waals surface area contributed by atoms with E-state index in [1.807, 2.05) is 0 Å².